The summed E-state index contributed by atoms with van der Waals surface area (Å²) < 4.78 is 0. The molecule has 0 heterocycles. The number of nitrogen functional groups attached to an aromatic ring is 1. The first-order valence-electron chi connectivity index (χ1n) is 4.00. The Morgan fingerprint density at radius 2 is 1.00 bits per heavy atom. The van der Waals surface area contributed by atoms with E-state index in [0.717, 1.165) is 0 Å². The molecule has 12 nitrogen and oxygen atoms in total. The van der Waals surface area contributed by atoms with Gasteiger partial charge in [-0.3, -0.25) is 30.3 Å². The topological polar surface area (TPSA) is 196 Å². The number of hydrogen-bond acceptors (Lipinski definition) is 9. The first-order valence-corrected chi connectivity index (χ1v) is 4.00. The van der Waals surface area contributed by atoms with E-state index in [1.54, 1.807) is 0 Å². The van der Waals surface area contributed by atoms with Crippen LogP contribution in [-0.2, 0) is 0 Å². The number of nitro groups is 3. The Hall–Kier alpha value is -1.18. The molecular weight excluding hydrogens is 302 g/mol. The van der Waals surface area contributed by atoms with Crippen LogP contribution in [0, 0.1) is 30.3 Å². The second-order valence-electron chi connectivity index (χ2n) is 2.93. The van der Waals surface area contributed by atoms with Crippen LogP contribution in [-0.4, -0.2) is 84.1 Å². The van der Waals surface area contributed by atoms with Crippen LogP contribution >= 0.6 is 0 Å². The van der Waals surface area contributed by atoms with Gasteiger partial charge in [0.2, 0.25) is 0 Å². The fraction of sp³-hybridized carbons (Fsp3) is 0. The van der Waals surface area contributed by atoms with Gasteiger partial charge in [-0.05, 0) is 0 Å². The summed E-state index contributed by atoms with van der Waals surface area (Å²) in [5.41, 5.74) is -0.520. The summed E-state index contributed by atoms with van der Waals surface area (Å²) in [7, 11) is 0. The quantitative estimate of drug-likeness (QED) is 0.274. The van der Waals surface area contributed by atoms with Crippen LogP contribution in [0.3, 0.4) is 0 Å². The first-order chi connectivity index (χ1) is 8.20. The van der Waals surface area contributed by atoms with Crippen LogP contribution in [0.25, 0.3) is 0 Å². The number of phenolic OH excluding ortho intramolecular Hbond substituents is 2. The number of aromatic hydroxyl groups is 2. The molecule has 4 N–H and O–H groups in total. The zero-order valence-electron chi connectivity index (χ0n) is 8.26. The van der Waals surface area contributed by atoms with Crippen molar-refractivity contribution < 1.29 is 25.0 Å². The fourth-order valence-electron chi connectivity index (χ4n) is 1.25. The molecule has 0 aliphatic heterocycles. The van der Waals surface area contributed by atoms with E-state index >= 15 is 0 Å². The van der Waals surface area contributed by atoms with Gasteiger partial charge in [0.1, 0.15) is 0 Å². The number of rotatable bonds is 3. The Morgan fingerprint density at radius 1 is 0.750 bits per heavy atom. The predicted octanol–water partition coefficient (Wildman–Crippen LogP) is -0.892. The summed E-state index contributed by atoms with van der Waals surface area (Å²) in [6.45, 7) is 0. The molecule has 0 saturated heterocycles. The second kappa shape index (κ2) is 7.56. The molecule has 0 bridgehead atoms. The molecule has 0 aliphatic rings. The molecule has 1 aromatic carbocycles. The molecule has 0 aliphatic carbocycles. The van der Waals surface area contributed by atoms with Gasteiger partial charge < -0.3 is 15.9 Å². The number of hydrogen-bond donors (Lipinski definition) is 3. The van der Waals surface area contributed by atoms with Crippen LogP contribution in [0.15, 0.2) is 0 Å². The maximum atomic E-state index is 10.5. The van der Waals surface area contributed by atoms with Crippen LogP contribution in [0.5, 0.6) is 11.5 Å². The molecular formula is C6H6N4Na2O8. The Morgan fingerprint density at radius 3 is 1.20 bits per heavy atom. The monoisotopic (exact) mass is 308 g/mol. The Labute approximate surface area is 153 Å². The van der Waals surface area contributed by atoms with Crippen molar-refractivity contribution in [2.45, 2.75) is 0 Å². The van der Waals surface area contributed by atoms with Gasteiger partial charge in [0.05, 0.1) is 14.8 Å². The molecule has 0 saturated carbocycles. The van der Waals surface area contributed by atoms with Crippen LogP contribution in [0.1, 0.15) is 0 Å². The molecule has 0 atom stereocenters. The number of nitro benzene ring substituents is 3. The standard InChI is InChI=1S/C6H4N4O8.2Na.2H/c7-1-2(8(13)14)5(11)4(10(17)18)6(12)3(1)9(15)16;;;;/h11-12H,7H2;;;;. The van der Waals surface area contributed by atoms with Gasteiger partial charge >= 0.3 is 76.2 Å². The summed E-state index contributed by atoms with van der Waals surface area (Å²) in [6, 6.07) is 0. The van der Waals surface area contributed by atoms with E-state index in [4.69, 9.17) is 5.73 Å². The molecule has 1 aromatic rings. The van der Waals surface area contributed by atoms with E-state index in [1.165, 1.54) is 0 Å². The maximum absolute atomic E-state index is 10.5. The molecule has 0 unspecified atom stereocenters. The fourth-order valence-corrected chi connectivity index (χ4v) is 1.25. The molecule has 1 rings (SSSR count). The third-order valence-electron chi connectivity index (χ3n) is 1.96. The zero-order valence-corrected chi connectivity index (χ0v) is 8.26. The minimum atomic E-state index is -1.55. The Bertz CT molecular complexity index is 489. The van der Waals surface area contributed by atoms with Gasteiger partial charge in [0, 0.05) is 0 Å². The summed E-state index contributed by atoms with van der Waals surface area (Å²) in [5, 5.41) is 50.1. The van der Waals surface area contributed by atoms with E-state index < -0.39 is 49.0 Å². The SMILES string of the molecule is Nc1c([N+](=O)[O-])c(O)c([N+](=O)[O-])c(O)c1[N+](=O)[O-].[NaH].[NaH]. The van der Waals surface area contributed by atoms with Gasteiger partial charge in [0.15, 0.2) is 5.69 Å². The van der Waals surface area contributed by atoms with Crippen molar-refractivity contribution in [2.24, 2.45) is 0 Å². The number of anilines is 1. The van der Waals surface area contributed by atoms with Crippen molar-refractivity contribution in [3.63, 3.8) is 0 Å². The second-order valence-corrected chi connectivity index (χ2v) is 2.93. The molecule has 0 radical (unpaired) electrons. The van der Waals surface area contributed by atoms with Crippen LogP contribution < -0.4 is 5.73 Å². The van der Waals surface area contributed by atoms with E-state index in [-0.39, 0.29) is 59.1 Å². The third-order valence-corrected chi connectivity index (χ3v) is 1.96. The van der Waals surface area contributed by atoms with Crippen molar-refractivity contribution in [3.8, 4) is 11.5 Å². The van der Waals surface area contributed by atoms with Gasteiger partial charge in [-0.25, -0.2) is 0 Å². The minimum absolute atomic E-state index is 0. The van der Waals surface area contributed by atoms with Crippen molar-refractivity contribution in [3.05, 3.63) is 30.3 Å². The zero-order chi connectivity index (χ0) is 14.2. The summed E-state index contributed by atoms with van der Waals surface area (Å²) >= 11 is 0. The predicted molar refractivity (Wildman–Crippen MR) is 68.4 cm³/mol. The summed E-state index contributed by atoms with van der Waals surface area (Å²) in [6.07, 6.45) is 0. The Kier molecular flexibility index (Phi) is 7.99. The van der Waals surface area contributed by atoms with E-state index in [9.17, 15) is 40.6 Å². The van der Waals surface area contributed by atoms with Gasteiger partial charge in [-0.2, -0.15) is 0 Å². The van der Waals surface area contributed by atoms with Crippen molar-refractivity contribution in [1.82, 2.24) is 0 Å². The molecule has 14 heteroatoms. The first kappa shape index (κ1) is 21.1. The van der Waals surface area contributed by atoms with E-state index in [2.05, 4.69) is 0 Å². The number of phenols is 2. The van der Waals surface area contributed by atoms with Gasteiger partial charge in [-0.1, -0.05) is 0 Å². The molecule has 20 heavy (non-hydrogen) atoms. The van der Waals surface area contributed by atoms with Gasteiger partial charge in [-0.15, -0.1) is 0 Å². The molecule has 100 valence electrons. The van der Waals surface area contributed by atoms with Crippen molar-refractivity contribution >= 4 is 81.9 Å². The van der Waals surface area contributed by atoms with E-state index in [1.807, 2.05) is 0 Å². The number of nitrogens with zero attached hydrogens (tertiary/aromatic N) is 3. The molecule has 0 spiro atoms. The normalized spacial score (nSPS) is 9.00. The van der Waals surface area contributed by atoms with Gasteiger partial charge in [0.25, 0.3) is 11.5 Å². The third kappa shape index (κ3) is 3.47. The average Bonchev–Trinajstić information content (AvgIpc) is 2.14. The van der Waals surface area contributed by atoms with E-state index in [0.29, 0.717) is 0 Å². The molecule has 0 fully saturated rings. The van der Waals surface area contributed by atoms with Crippen LogP contribution in [0.2, 0.25) is 0 Å². The molecule has 0 aromatic heterocycles. The Balaban J connectivity index is 0. The number of benzene rings is 1. The van der Waals surface area contributed by atoms with Crippen molar-refractivity contribution in [1.29, 1.82) is 0 Å². The molecule has 0 amide bonds. The summed E-state index contributed by atoms with van der Waals surface area (Å²) in [4.78, 5) is 27.5. The summed E-state index contributed by atoms with van der Waals surface area (Å²) in [5.74, 6) is -3.10. The average molecular weight is 308 g/mol. The number of nitrogens with two attached hydrogens (primary N) is 1. The van der Waals surface area contributed by atoms with Crippen molar-refractivity contribution in [2.75, 3.05) is 5.73 Å². The van der Waals surface area contributed by atoms with Crippen LogP contribution in [0.4, 0.5) is 22.7 Å².